The molecule has 0 saturated carbocycles. The standard InChI is InChI=1S/C14H22BrNO3/c1-10(2)19-6-4-5-16-9-11-7-12(15)14(17)13(8-11)18-3/h7-8,10,16-17H,4-6,9H2,1-3H3. The Morgan fingerprint density at radius 2 is 2.11 bits per heavy atom. The maximum atomic E-state index is 9.71. The van der Waals surface area contributed by atoms with Crippen LogP contribution in [0, 0.1) is 0 Å². The first-order chi connectivity index (χ1) is 9.04. The van der Waals surface area contributed by atoms with Crippen molar-refractivity contribution in [3.63, 3.8) is 0 Å². The number of phenolic OH excluding ortho intramolecular Hbond substituents is 1. The fourth-order valence-corrected chi connectivity index (χ4v) is 2.12. The van der Waals surface area contributed by atoms with Crippen molar-refractivity contribution < 1.29 is 14.6 Å². The van der Waals surface area contributed by atoms with E-state index in [1.54, 1.807) is 7.11 Å². The number of hydrogen-bond donors (Lipinski definition) is 2. The van der Waals surface area contributed by atoms with Crippen LogP contribution in [-0.4, -0.2) is 31.5 Å². The maximum absolute atomic E-state index is 9.71. The van der Waals surface area contributed by atoms with Crippen LogP contribution in [-0.2, 0) is 11.3 Å². The van der Waals surface area contributed by atoms with Gasteiger partial charge >= 0.3 is 0 Å². The van der Waals surface area contributed by atoms with Gasteiger partial charge < -0.3 is 19.9 Å². The second kappa shape index (κ2) is 8.40. The van der Waals surface area contributed by atoms with Crippen molar-refractivity contribution in [2.24, 2.45) is 0 Å². The van der Waals surface area contributed by atoms with Gasteiger partial charge in [-0.1, -0.05) is 0 Å². The molecule has 4 nitrogen and oxygen atoms in total. The van der Waals surface area contributed by atoms with Crippen LogP contribution in [0.4, 0.5) is 0 Å². The van der Waals surface area contributed by atoms with E-state index in [0.717, 1.165) is 31.7 Å². The van der Waals surface area contributed by atoms with Crippen LogP contribution < -0.4 is 10.1 Å². The number of nitrogens with one attached hydrogen (secondary N) is 1. The summed E-state index contributed by atoms with van der Waals surface area (Å²) in [5.74, 6) is 0.617. The van der Waals surface area contributed by atoms with Crippen LogP contribution in [0.25, 0.3) is 0 Å². The predicted molar refractivity (Wildman–Crippen MR) is 79.8 cm³/mol. The minimum atomic E-state index is 0.136. The average molecular weight is 332 g/mol. The number of hydrogen-bond acceptors (Lipinski definition) is 4. The predicted octanol–water partition coefficient (Wildman–Crippen LogP) is 3.07. The number of benzene rings is 1. The lowest BCUT2D eigenvalue weighted by molar-refractivity contribution is 0.0770. The van der Waals surface area contributed by atoms with Gasteiger partial charge in [0.15, 0.2) is 11.5 Å². The van der Waals surface area contributed by atoms with Crippen LogP contribution in [0.1, 0.15) is 25.8 Å². The molecule has 0 heterocycles. The molecule has 108 valence electrons. The Labute approximate surface area is 123 Å². The number of methoxy groups -OCH3 is 1. The minimum Gasteiger partial charge on any atom is -0.503 e. The molecule has 0 radical (unpaired) electrons. The van der Waals surface area contributed by atoms with Gasteiger partial charge in [0.25, 0.3) is 0 Å². The third-order valence-corrected chi connectivity index (χ3v) is 3.19. The largest absolute Gasteiger partial charge is 0.503 e. The Morgan fingerprint density at radius 1 is 1.37 bits per heavy atom. The van der Waals surface area contributed by atoms with Gasteiger partial charge in [0.05, 0.1) is 17.7 Å². The van der Waals surface area contributed by atoms with E-state index < -0.39 is 0 Å². The smallest absolute Gasteiger partial charge is 0.172 e. The number of phenols is 1. The molecule has 0 aliphatic carbocycles. The first kappa shape index (κ1) is 16.3. The summed E-state index contributed by atoms with van der Waals surface area (Å²) in [7, 11) is 1.54. The SMILES string of the molecule is COc1cc(CNCCCOC(C)C)cc(Br)c1O. The lowest BCUT2D eigenvalue weighted by Crippen LogP contribution is -2.17. The summed E-state index contributed by atoms with van der Waals surface area (Å²) in [5, 5.41) is 13.0. The van der Waals surface area contributed by atoms with E-state index in [9.17, 15) is 5.11 Å². The Bertz CT molecular complexity index is 397. The molecule has 0 bridgehead atoms. The van der Waals surface area contributed by atoms with Gasteiger partial charge in [-0.15, -0.1) is 0 Å². The normalized spacial score (nSPS) is 11.0. The Morgan fingerprint density at radius 3 is 2.74 bits per heavy atom. The van der Waals surface area contributed by atoms with Crippen molar-refractivity contribution in [3.8, 4) is 11.5 Å². The summed E-state index contributed by atoms with van der Waals surface area (Å²) in [5.41, 5.74) is 1.06. The first-order valence-electron chi connectivity index (χ1n) is 6.42. The Kier molecular flexibility index (Phi) is 7.20. The lowest BCUT2D eigenvalue weighted by atomic mass is 10.2. The Hall–Kier alpha value is -0.780. The Balaban J connectivity index is 2.35. The van der Waals surface area contributed by atoms with E-state index in [0.29, 0.717) is 10.2 Å². The van der Waals surface area contributed by atoms with E-state index in [2.05, 4.69) is 21.2 Å². The van der Waals surface area contributed by atoms with Crippen LogP contribution in [0.15, 0.2) is 16.6 Å². The molecule has 2 N–H and O–H groups in total. The van der Waals surface area contributed by atoms with Gasteiger partial charge in [-0.25, -0.2) is 0 Å². The van der Waals surface area contributed by atoms with E-state index in [1.165, 1.54) is 0 Å². The highest BCUT2D eigenvalue weighted by molar-refractivity contribution is 9.10. The van der Waals surface area contributed by atoms with Crippen molar-refractivity contribution in [2.75, 3.05) is 20.3 Å². The number of rotatable bonds is 8. The zero-order chi connectivity index (χ0) is 14.3. The van der Waals surface area contributed by atoms with E-state index in [4.69, 9.17) is 9.47 Å². The van der Waals surface area contributed by atoms with Crippen LogP contribution >= 0.6 is 15.9 Å². The monoisotopic (exact) mass is 331 g/mol. The summed E-state index contributed by atoms with van der Waals surface area (Å²) < 4.78 is 11.2. The number of ether oxygens (including phenoxy) is 2. The molecule has 0 aromatic heterocycles. The van der Waals surface area contributed by atoms with Crippen LogP contribution in [0.3, 0.4) is 0 Å². The van der Waals surface area contributed by atoms with Crippen LogP contribution in [0.2, 0.25) is 0 Å². The quantitative estimate of drug-likeness (QED) is 0.719. The minimum absolute atomic E-state index is 0.136. The molecule has 5 heteroatoms. The summed E-state index contributed by atoms with van der Waals surface area (Å²) in [6.45, 7) is 6.47. The molecular formula is C14H22BrNO3. The topological polar surface area (TPSA) is 50.7 Å². The summed E-state index contributed by atoms with van der Waals surface area (Å²) >= 11 is 3.31. The van der Waals surface area contributed by atoms with Crippen molar-refractivity contribution in [1.29, 1.82) is 0 Å². The molecule has 1 aromatic rings. The van der Waals surface area contributed by atoms with Gasteiger partial charge in [-0.3, -0.25) is 0 Å². The second-order valence-electron chi connectivity index (χ2n) is 4.58. The van der Waals surface area contributed by atoms with Crippen molar-refractivity contribution in [3.05, 3.63) is 22.2 Å². The highest BCUT2D eigenvalue weighted by Gasteiger charge is 2.08. The van der Waals surface area contributed by atoms with Crippen molar-refractivity contribution in [2.45, 2.75) is 32.9 Å². The molecule has 19 heavy (non-hydrogen) atoms. The van der Waals surface area contributed by atoms with E-state index >= 15 is 0 Å². The lowest BCUT2D eigenvalue weighted by Gasteiger charge is -2.10. The fourth-order valence-electron chi connectivity index (χ4n) is 1.63. The zero-order valence-corrected chi connectivity index (χ0v) is 13.3. The highest BCUT2D eigenvalue weighted by Crippen LogP contribution is 2.35. The highest BCUT2D eigenvalue weighted by atomic mass is 79.9. The molecule has 0 aliphatic rings. The third-order valence-electron chi connectivity index (χ3n) is 2.59. The maximum Gasteiger partial charge on any atom is 0.172 e. The molecule has 0 amide bonds. The molecular weight excluding hydrogens is 310 g/mol. The number of aromatic hydroxyl groups is 1. The molecule has 0 spiro atoms. The van der Waals surface area contributed by atoms with E-state index in [1.807, 2.05) is 26.0 Å². The molecule has 1 aromatic carbocycles. The van der Waals surface area contributed by atoms with Gasteiger partial charge in [-0.2, -0.15) is 0 Å². The molecule has 0 atom stereocenters. The van der Waals surface area contributed by atoms with Gasteiger partial charge in [0.2, 0.25) is 0 Å². The molecule has 0 fully saturated rings. The van der Waals surface area contributed by atoms with Crippen molar-refractivity contribution >= 4 is 15.9 Å². The summed E-state index contributed by atoms with van der Waals surface area (Å²) in [4.78, 5) is 0. The van der Waals surface area contributed by atoms with E-state index in [-0.39, 0.29) is 11.9 Å². The first-order valence-corrected chi connectivity index (χ1v) is 7.21. The summed E-state index contributed by atoms with van der Waals surface area (Å²) in [6, 6.07) is 3.72. The molecule has 0 saturated heterocycles. The van der Waals surface area contributed by atoms with Gasteiger partial charge in [0, 0.05) is 13.2 Å². The van der Waals surface area contributed by atoms with Crippen LogP contribution in [0.5, 0.6) is 11.5 Å². The zero-order valence-electron chi connectivity index (χ0n) is 11.7. The summed E-state index contributed by atoms with van der Waals surface area (Å²) in [6.07, 6.45) is 1.27. The third kappa shape index (κ3) is 5.80. The average Bonchev–Trinajstić information content (AvgIpc) is 2.37. The number of halogens is 1. The molecule has 0 aliphatic heterocycles. The molecule has 0 unspecified atom stereocenters. The fraction of sp³-hybridized carbons (Fsp3) is 0.571. The second-order valence-corrected chi connectivity index (χ2v) is 5.43. The molecule has 1 rings (SSSR count). The van der Waals surface area contributed by atoms with Gasteiger partial charge in [0.1, 0.15) is 0 Å². The van der Waals surface area contributed by atoms with Gasteiger partial charge in [-0.05, 0) is 60.4 Å². The van der Waals surface area contributed by atoms with Crippen molar-refractivity contribution in [1.82, 2.24) is 5.32 Å².